The molecule has 14 heavy (non-hydrogen) atoms. The molecule has 2 nitrogen and oxygen atoms in total. The highest BCUT2D eigenvalue weighted by Gasteiger charge is 2.34. The zero-order valence-electron chi connectivity index (χ0n) is 10.1. The van der Waals surface area contributed by atoms with Crippen LogP contribution in [0.5, 0.6) is 0 Å². The van der Waals surface area contributed by atoms with E-state index in [2.05, 4.69) is 20.4 Å². The number of hydrogen-bond acceptors (Lipinski definition) is 2. The van der Waals surface area contributed by atoms with Gasteiger partial charge in [0, 0.05) is 0 Å². The van der Waals surface area contributed by atoms with E-state index in [4.69, 9.17) is 5.73 Å². The van der Waals surface area contributed by atoms with Crippen LogP contribution in [-0.4, -0.2) is 11.8 Å². The van der Waals surface area contributed by atoms with E-state index in [0.717, 1.165) is 6.42 Å². The van der Waals surface area contributed by atoms with Gasteiger partial charge in [0.05, 0.1) is 6.04 Å². The van der Waals surface area contributed by atoms with Crippen LogP contribution in [0.2, 0.25) is 0 Å². The molecule has 0 spiro atoms. The molecular weight excluding hydrogens is 174 g/mol. The summed E-state index contributed by atoms with van der Waals surface area (Å²) in [7, 11) is 0. The number of nitrogens with two attached hydrogens (primary N) is 1. The molecule has 0 saturated carbocycles. The number of Topliss-reactive ketones (excluding diaryl/α,β-unsaturated/α-hetero) is 1. The predicted molar refractivity (Wildman–Crippen MR) is 61.0 cm³/mol. The van der Waals surface area contributed by atoms with Gasteiger partial charge < -0.3 is 5.73 Å². The first-order valence-electron chi connectivity index (χ1n) is 5.02. The summed E-state index contributed by atoms with van der Waals surface area (Å²) < 4.78 is 0. The van der Waals surface area contributed by atoms with Crippen LogP contribution < -0.4 is 5.73 Å². The molecule has 0 aliphatic carbocycles. The van der Waals surface area contributed by atoms with Gasteiger partial charge in [-0.25, -0.2) is 0 Å². The van der Waals surface area contributed by atoms with Crippen LogP contribution in [0.15, 0.2) is 12.7 Å². The lowest BCUT2D eigenvalue weighted by Gasteiger charge is -2.36. The molecule has 0 aromatic carbocycles. The second kappa shape index (κ2) is 4.26. The number of ketones is 1. The summed E-state index contributed by atoms with van der Waals surface area (Å²) in [6, 6.07) is -0.387. The number of hydrogen-bond donors (Lipinski definition) is 1. The molecule has 0 rings (SSSR count). The van der Waals surface area contributed by atoms with E-state index in [1.807, 2.05) is 19.9 Å². The van der Waals surface area contributed by atoms with Crippen molar-refractivity contribution in [1.29, 1.82) is 0 Å². The van der Waals surface area contributed by atoms with Crippen molar-refractivity contribution >= 4 is 5.78 Å². The molecule has 1 atom stereocenters. The molecule has 0 heterocycles. The highest BCUT2D eigenvalue weighted by atomic mass is 16.1. The van der Waals surface area contributed by atoms with Crippen molar-refractivity contribution < 1.29 is 4.79 Å². The summed E-state index contributed by atoms with van der Waals surface area (Å²) in [5.41, 5.74) is 5.72. The van der Waals surface area contributed by atoms with E-state index < -0.39 is 0 Å². The van der Waals surface area contributed by atoms with Crippen LogP contribution in [0, 0.1) is 10.8 Å². The number of carbonyl (C=O) groups excluding carboxylic acids is 1. The Bertz CT molecular complexity index is 228. The van der Waals surface area contributed by atoms with Crippen molar-refractivity contribution in [3.63, 3.8) is 0 Å². The molecule has 0 radical (unpaired) electrons. The van der Waals surface area contributed by atoms with Crippen LogP contribution in [0.1, 0.15) is 41.0 Å². The number of rotatable bonds is 5. The topological polar surface area (TPSA) is 43.1 Å². The van der Waals surface area contributed by atoms with Crippen molar-refractivity contribution in [2.75, 3.05) is 0 Å². The van der Waals surface area contributed by atoms with E-state index in [1.165, 1.54) is 0 Å². The van der Waals surface area contributed by atoms with E-state index >= 15 is 0 Å². The van der Waals surface area contributed by atoms with E-state index in [1.54, 1.807) is 6.92 Å². The van der Waals surface area contributed by atoms with Gasteiger partial charge in [0.25, 0.3) is 0 Å². The summed E-state index contributed by atoms with van der Waals surface area (Å²) in [4.78, 5) is 11.2. The highest BCUT2D eigenvalue weighted by molar-refractivity contribution is 5.82. The smallest absolute Gasteiger partial charge is 0.147 e. The maximum Gasteiger partial charge on any atom is 0.147 e. The maximum absolute atomic E-state index is 11.2. The van der Waals surface area contributed by atoms with Crippen LogP contribution in [0.25, 0.3) is 0 Å². The normalized spacial score (nSPS) is 15.0. The zero-order chi connectivity index (χ0) is 11.6. The first-order valence-corrected chi connectivity index (χ1v) is 5.02. The molecule has 2 N–H and O–H groups in total. The van der Waals surface area contributed by atoms with Crippen molar-refractivity contribution in [3.8, 4) is 0 Å². The molecular formula is C12H23NO. The molecule has 82 valence electrons. The molecule has 0 fully saturated rings. The second-order valence-corrected chi connectivity index (χ2v) is 5.45. The van der Waals surface area contributed by atoms with Crippen molar-refractivity contribution in [2.24, 2.45) is 16.6 Å². The first-order chi connectivity index (χ1) is 6.12. The lowest BCUT2D eigenvalue weighted by atomic mass is 9.70. The van der Waals surface area contributed by atoms with Gasteiger partial charge in [0.2, 0.25) is 0 Å². The van der Waals surface area contributed by atoms with Gasteiger partial charge in [-0.1, -0.05) is 33.8 Å². The Morgan fingerprint density at radius 1 is 1.43 bits per heavy atom. The Hall–Kier alpha value is -0.630. The van der Waals surface area contributed by atoms with Crippen LogP contribution in [0.4, 0.5) is 0 Å². The Morgan fingerprint density at radius 3 is 2.14 bits per heavy atom. The van der Waals surface area contributed by atoms with Crippen molar-refractivity contribution in [3.05, 3.63) is 12.7 Å². The molecule has 0 amide bonds. The van der Waals surface area contributed by atoms with Crippen LogP contribution in [-0.2, 0) is 4.79 Å². The molecule has 0 saturated heterocycles. The van der Waals surface area contributed by atoms with Gasteiger partial charge in [-0.05, 0) is 24.2 Å². The summed E-state index contributed by atoms with van der Waals surface area (Å²) in [5, 5.41) is 0. The highest BCUT2D eigenvalue weighted by Crippen LogP contribution is 2.36. The van der Waals surface area contributed by atoms with E-state index in [9.17, 15) is 4.79 Å². The fourth-order valence-electron chi connectivity index (χ4n) is 1.91. The van der Waals surface area contributed by atoms with Crippen molar-refractivity contribution in [2.45, 2.75) is 47.1 Å². The molecule has 2 heteroatoms. The lowest BCUT2D eigenvalue weighted by molar-refractivity contribution is -0.120. The Kier molecular flexibility index (Phi) is 4.07. The molecule has 1 unspecified atom stereocenters. The van der Waals surface area contributed by atoms with Gasteiger partial charge in [-0.2, -0.15) is 0 Å². The molecule has 0 bridgehead atoms. The van der Waals surface area contributed by atoms with E-state index in [0.29, 0.717) is 0 Å². The SMILES string of the molecule is C=CC(C)(C)CC(C)(C)C(N)C(C)=O. The second-order valence-electron chi connectivity index (χ2n) is 5.45. The van der Waals surface area contributed by atoms with Gasteiger partial charge in [-0.3, -0.25) is 4.79 Å². The van der Waals surface area contributed by atoms with Gasteiger partial charge in [0.1, 0.15) is 5.78 Å². The standard InChI is InChI=1S/C12H23NO/c1-7-11(3,4)8-12(5,6)10(13)9(2)14/h7,10H,1,8,13H2,2-6H3. The average Bonchev–Trinajstić information content (AvgIpc) is 2.01. The monoisotopic (exact) mass is 197 g/mol. The van der Waals surface area contributed by atoms with Gasteiger partial charge in [0.15, 0.2) is 0 Å². The van der Waals surface area contributed by atoms with Crippen LogP contribution in [0.3, 0.4) is 0 Å². The number of allylic oxidation sites excluding steroid dienone is 1. The molecule has 0 aromatic heterocycles. The summed E-state index contributed by atoms with van der Waals surface area (Å²) in [6.07, 6.45) is 2.78. The third kappa shape index (κ3) is 3.62. The summed E-state index contributed by atoms with van der Waals surface area (Å²) in [5.74, 6) is 0.0508. The molecule has 0 aromatic rings. The third-order valence-electron chi connectivity index (χ3n) is 2.74. The Morgan fingerprint density at radius 2 is 1.86 bits per heavy atom. The molecule has 0 aliphatic rings. The largest absolute Gasteiger partial charge is 0.321 e. The van der Waals surface area contributed by atoms with Gasteiger partial charge >= 0.3 is 0 Å². The minimum absolute atomic E-state index is 0.0244. The molecule has 0 aliphatic heterocycles. The Labute approximate surface area is 87.6 Å². The minimum Gasteiger partial charge on any atom is -0.321 e. The fraction of sp³-hybridized carbons (Fsp3) is 0.750. The summed E-state index contributed by atoms with van der Waals surface area (Å²) in [6.45, 7) is 13.6. The summed E-state index contributed by atoms with van der Waals surface area (Å²) >= 11 is 0. The van der Waals surface area contributed by atoms with E-state index in [-0.39, 0.29) is 22.7 Å². The lowest BCUT2D eigenvalue weighted by Crippen LogP contribution is -2.44. The maximum atomic E-state index is 11.2. The van der Waals surface area contributed by atoms with Gasteiger partial charge in [-0.15, -0.1) is 6.58 Å². The predicted octanol–water partition coefficient (Wildman–Crippen LogP) is 2.53. The minimum atomic E-state index is -0.387. The zero-order valence-corrected chi connectivity index (χ0v) is 10.1. The fourth-order valence-corrected chi connectivity index (χ4v) is 1.91. The first kappa shape index (κ1) is 13.4. The quantitative estimate of drug-likeness (QED) is 0.688. The third-order valence-corrected chi connectivity index (χ3v) is 2.74. The average molecular weight is 197 g/mol. The van der Waals surface area contributed by atoms with Crippen LogP contribution >= 0.6 is 0 Å². The Balaban J connectivity index is 4.64. The van der Waals surface area contributed by atoms with Crippen molar-refractivity contribution in [1.82, 2.24) is 0 Å². The number of carbonyl (C=O) groups is 1.